The SMILES string of the molecule is CCCN1C(=O)S/C(=C\c2ccc(OCc3ccc(F)cc3)c(Cl)c2)C1=O. The van der Waals surface area contributed by atoms with Crippen LogP contribution in [0.4, 0.5) is 9.18 Å². The van der Waals surface area contributed by atoms with Crippen LogP contribution in [0.15, 0.2) is 47.4 Å². The molecule has 2 aromatic carbocycles. The molecular weight excluding hydrogens is 389 g/mol. The van der Waals surface area contributed by atoms with Crippen molar-refractivity contribution in [2.75, 3.05) is 6.54 Å². The summed E-state index contributed by atoms with van der Waals surface area (Å²) in [5.41, 5.74) is 1.53. The molecule has 1 heterocycles. The summed E-state index contributed by atoms with van der Waals surface area (Å²) in [7, 11) is 0. The minimum Gasteiger partial charge on any atom is -0.487 e. The number of amides is 2. The fourth-order valence-electron chi connectivity index (χ4n) is 2.53. The van der Waals surface area contributed by atoms with E-state index in [1.807, 2.05) is 6.92 Å². The Hall–Kier alpha value is -2.31. The maximum atomic E-state index is 12.9. The number of hydrogen-bond donors (Lipinski definition) is 0. The van der Waals surface area contributed by atoms with Gasteiger partial charge in [-0.05, 0) is 59.7 Å². The second-order valence-corrected chi connectivity index (χ2v) is 7.34. The van der Waals surface area contributed by atoms with E-state index < -0.39 is 0 Å². The van der Waals surface area contributed by atoms with E-state index in [4.69, 9.17) is 16.3 Å². The molecule has 0 unspecified atom stereocenters. The van der Waals surface area contributed by atoms with Crippen LogP contribution in [-0.4, -0.2) is 22.6 Å². The molecule has 0 spiro atoms. The van der Waals surface area contributed by atoms with Gasteiger partial charge in [-0.3, -0.25) is 14.5 Å². The van der Waals surface area contributed by atoms with Crippen molar-refractivity contribution in [2.24, 2.45) is 0 Å². The first-order valence-corrected chi connectivity index (χ1v) is 9.59. The van der Waals surface area contributed by atoms with Crippen molar-refractivity contribution in [3.8, 4) is 5.75 Å². The van der Waals surface area contributed by atoms with Gasteiger partial charge in [-0.2, -0.15) is 0 Å². The molecule has 27 heavy (non-hydrogen) atoms. The normalized spacial score (nSPS) is 15.7. The quantitative estimate of drug-likeness (QED) is 0.595. The molecule has 2 amide bonds. The number of carbonyl (C=O) groups excluding carboxylic acids is 2. The first-order chi connectivity index (χ1) is 13.0. The minimum atomic E-state index is -0.301. The highest BCUT2D eigenvalue weighted by atomic mass is 35.5. The van der Waals surface area contributed by atoms with Crippen LogP contribution >= 0.6 is 23.4 Å². The van der Waals surface area contributed by atoms with Gasteiger partial charge in [0.05, 0.1) is 9.93 Å². The van der Waals surface area contributed by atoms with Gasteiger partial charge < -0.3 is 4.74 Å². The van der Waals surface area contributed by atoms with Gasteiger partial charge in [-0.15, -0.1) is 0 Å². The van der Waals surface area contributed by atoms with Gasteiger partial charge in [-0.1, -0.05) is 36.7 Å². The molecule has 7 heteroatoms. The van der Waals surface area contributed by atoms with Crippen LogP contribution in [-0.2, 0) is 11.4 Å². The van der Waals surface area contributed by atoms with Crippen molar-refractivity contribution in [3.63, 3.8) is 0 Å². The van der Waals surface area contributed by atoms with E-state index in [9.17, 15) is 14.0 Å². The predicted molar refractivity (Wildman–Crippen MR) is 105 cm³/mol. The third-order valence-corrected chi connectivity index (χ3v) is 5.08. The topological polar surface area (TPSA) is 46.6 Å². The second-order valence-electron chi connectivity index (χ2n) is 5.94. The molecule has 0 bridgehead atoms. The molecule has 0 aliphatic carbocycles. The monoisotopic (exact) mass is 405 g/mol. The number of hydrogen-bond acceptors (Lipinski definition) is 4. The Bertz CT molecular complexity index is 899. The van der Waals surface area contributed by atoms with Crippen LogP contribution in [0, 0.1) is 5.82 Å². The molecule has 0 aromatic heterocycles. The van der Waals surface area contributed by atoms with Crippen LogP contribution < -0.4 is 4.74 Å². The summed E-state index contributed by atoms with van der Waals surface area (Å²) in [5, 5.41) is 0.136. The number of thioether (sulfide) groups is 1. The lowest BCUT2D eigenvalue weighted by atomic mass is 10.2. The molecule has 140 valence electrons. The third-order valence-electron chi connectivity index (χ3n) is 3.88. The summed E-state index contributed by atoms with van der Waals surface area (Å²) in [6.45, 7) is 2.59. The molecule has 0 radical (unpaired) electrons. The van der Waals surface area contributed by atoms with E-state index in [-0.39, 0.29) is 23.6 Å². The number of benzene rings is 2. The lowest BCUT2D eigenvalue weighted by Crippen LogP contribution is -2.28. The second kappa shape index (κ2) is 8.59. The number of rotatable bonds is 6. The Morgan fingerprint density at radius 1 is 1.19 bits per heavy atom. The van der Waals surface area contributed by atoms with E-state index in [2.05, 4.69) is 0 Å². The Morgan fingerprint density at radius 2 is 1.93 bits per heavy atom. The van der Waals surface area contributed by atoms with Gasteiger partial charge in [0.25, 0.3) is 11.1 Å². The molecule has 0 atom stereocenters. The zero-order valence-corrected chi connectivity index (χ0v) is 16.1. The maximum Gasteiger partial charge on any atom is 0.293 e. The highest BCUT2D eigenvalue weighted by Gasteiger charge is 2.34. The van der Waals surface area contributed by atoms with Crippen LogP contribution in [0.5, 0.6) is 5.75 Å². The van der Waals surface area contributed by atoms with Crippen molar-refractivity contribution in [2.45, 2.75) is 20.0 Å². The first kappa shape index (κ1) is 19.5. The van der Waals surface area contributed by atoms with Crippen LogP contribution in [0.1, 0.15) is 24.5 Å². The number of halogens is 2. The number of ether oxygens (including phenoxy) is 1. The van der Waals surface area contributed by atoms with E-state index >= 15 is 0 Å². The van der Waals surface area contributed by atoms with Crippen LogP contribution in [0.2, 0.25) is 5.02 Å². The molecule has 0 N–H and O–H groups in total. The van der Waals surface area contributed by atoms with Crippen molar-refractivity contribution >= 4 is 40.6 Å². The van der Waals surface area contributed by atoms with Gasteiger partial charge in [0.1, 0.15) is 18.2 Å². The Balaban J connectivity index is 1.70. The van der Waals surface area contributed by atoms with Crippen molar-refractivity contribution in [3.05, 3.63) is 69.3 Å². The Kier molecular flexibility index (Phi) is 6.19. The lowest BCUT2D eigenvalue weighted by molar-refractivity contribution is -0.122. The predicted octanol–water partition coefficient (Wildman–Crippen LogP) is 5.50. The molecule has 4 nitrogen and oxygen atoms in total. The average molecular weight is 406 g/mol. The Labute approximate surface area is 166 Å². The molecule has 1 aliphatic rings. The van der Waals surface area contributed by atoms with Gasteiger partial charge in [-0.25, -0.2) is 4.39 Å². The molecule has 3 rings (SSSR count). The molecule has 1 saturated heterocycles. The molecular formula is C20H17ClFNO3S. The van der Waals surface area contributed by atoms with E-state index in [1.54, 1.807) is 36.4 Å². The number of nitrogens with zero attached hydrogens (tertiary/aromatic N) is 1. The van der Waals surface area contributed by atoms with Gasteiger partial charge in [0, 0.05) is 6.54 Å². The maximum absolute atomic E-state index is 12.9. The minimum absolute atomic E-state index is 0.251. The molecule has 1 fully saturated rings. The van der Waals surface area contributed by atoms with E-state index in [0.29, 0.717) is 27.8 Å². The van der Waals surface area contributed by atoms with E-state index in [0.717, 1.165) is 23.7 Å². The third kappa shape index (κ3) is 4.70. The van der Waals surface area contributed by atoms with Crippen molar-refractivity contribution in [1.82, 2.24) is 4.90 Å². The average Bonchev–Trinajstić information content (AvgIpc) is 2.90. The van der Waals surface area contributed by atoms with Gasteiger partial charge in [0.15, 0.2) is 0 Å². The standard InChI is InChI=1S/C20H17ClFNO3S/c1-2-9-23-19(24)18(27-20(23)25)11-14-5-8-17(16(21)10-14)26-12-13-3-6-15(22)7-4-13/h3-8,10-11H,2,9,12H2,1H3/b18-11-. The number of carbonyl (C=O) groups is 2. The van der Waals surface area contributed by atoms with Crippen molar-refractivity contribution in [1.29, 1.82) is 0 Å². The summed E-state index contributed by atoms with van der Waals surface area (Å²) in [6.07, 6.45) is 2.37. The van der Waals surface area contributed by atoms with Gasteiger partial charge in [0.2, 0.25) is 0 Å². The largest absolute Gasteiger partial charge is 0.487 e. The fraction of sp³-hybridized carbons (Fsp3) is 0.200. The lowest BCUT2D eigenvalue weighted by Gasteiger charge is -2.10. The summed E-state index contributed by atoms with van der Waals surface area (Å²) in [4.78, 5) is 25.8. The zero-order chi connectivity index (χ0) is 19.4. The summed E-state index contributed by atoms with van der Waals surface area (Å²) in [6, 6.07) is 11.2. The summed E-state index contributed by atoms with van der Waals surface area (Å²) in [5.74, 6) is -0.0960. The molecule has 2 aromatic rings. The molecule has 0 saturated carbocycles. The highest BCUT2D eigenvalue weighted by molar-refractivity contribution is 8.18. The molecule has 1 aliphatic heterocycles. The fourth-order valence-corrected chi connectivity index (χ4v) is 3.64. The first-order valence-electron chi connectivity index (χ1n) is 8.40. The summed E-state index contributed by atoms with van der Waals surface area (Å²) >= 11 is 7.20. The number of imide groups is 1. The van der Waals surface area contributed by atoms with Crippen LogP contribution in [0.3, 0.4) is 0 Å². The Morgan fingerprint density at radius 3 is 2.59 bits per heavy atom. The zero-order valence-electron chi connectivity index (χ0n) is 14.6. The highest BCUT2D eigenvalue weighted by Crippen LogP contribution is 2.34. The summed E-state index contributed by atoms with van der Waals surface area (Å²) < 4.78 is 18.6. The van der Waals surface area contributed by atoms with Crippen LogP contribution in [0.25, 0.3) is 6.08 Å². The van der Waals surface area contributed by atoms with E-state index in [1.165, 1.54) is 17.0 Å². The smallest absolute Gasteiger partial charge is 0.293 e. The van der Waals surface area contributed by atoms with Gasteiger partial charge >= 0.3 is 0 Å². The van der Waals surface area contributed by atoms with Crippen molar-refractivity contribution < 1.29 is 18.7 Å².